The molecule has 1 saturated heterocycles. The van der Waals surface area contributed by atoms with Crippen molar-refractivity contribution >= 4 is 34.7 Å². The summed E-state index contributed by atoms with van der Waals surface area (Å²) < 4.78 is 40.0. The van der Waals surface area contributed by atoms with Crippen LogP contribution < -0.4 is 10.5 Å². The van der Waals surface area contributed by atoms with Gasteiger partial charge in [0.15, 0.2) is 11.0 Å². The van der Waals surface area contributed by atoms with E-state index in [2.05, 4.69) is 15.0 Å². The van der Waals surface area contributed by atoms with Gasteiger partial charge in [-0.25, -0.2) is 18.7 Å². The molecule has 3 atom stereocenters. The van der Waals surface area contributed by atoms with Gasteiger partial charge in [0, 0.05) is 31.5 Å². The zero-order chi connectivity index (χ0) is 25.7. The number of hydrogen-bond acceptors (Lipinski definition) is 8. The van der Waals surface area contributed by atoms with Crippen LogP contribution in [0.2, 0.25) is 0 Å². The molecule has 2 fully saturated rings. The predicted molar refractivity (Wildman–Crippen MR) is 133 cm³/mol. The number of hydrogen-bond donors (Lipinski definition) is 1. The highest BCUT2D eigenvalue weighted by Crippen LogP contribution is 2.66. The summed E-state index contributed by atoms with van der Waals surface area (Å²) in [7, 11) is 3.37. The average Bonchev–Trinajstić information content (AvgIpc) is 3.55. The molecule has 2 aromatic rings. The van der Waals surface area contributed by atoms with Gasteiger partial charge in [-0.05, 0) is 37.1 Å². The van der Waals surface area contributed by atoms with Crippen LogP contribution in [0.5, 0.6) is 5.88 Å². The molecule has 1 amide bonds. The number of halogens is 2. The summed E-state index contributed by atoms with van der Waals surface area (Å²) in [5, 5.41) is 0.232. The van der Waals surface area contributed by atoms with Gasteiger partial charge in [0.2, 0.25) is 11.8 Å². The Bertz CT molecular complexity index is 1250. The smallest absolute Gasteiger partial charge is 0.239 e. The lowest BCUT2D eigenvalue weighted by molar-refractivity contribution is -0.129. The second kappa shape index (κ2) is 9.11. The first-order chi connectivity index (χ1) is 17.1. The van der Waals surface area contributed by atoms with E-state index >= 15 is 8.78 Å². The maximum absolute atomic E-state index is 15.1. The van der Waals surface area contributed by atoms with Crippen molar-refractivity contribution < 1.29 is 23.0 Å². The molecule has 1 aliphatic carbocycles. The van der Waals surface area contributed by atoms with E-state index in [-0.39, 0.29) is 28.3 Å². The number of rotatable bonds is 7. The number of amidine groups is 1. The lowest BCUT2D eigenvalue weighted by Crippen LogP contribution is -2.43. The summed E-state index contributed by atoms with van der Waals surface area (Å²) >= 11 is 1.24. The molecular weight excluding hydrogens is 488 g/mol. The third-order valence-corrected chi connectivity index (χ3v) is 8.15. The molecule has 11 heteroatoms. The van der Waals surface area contributed by atoms with Crippen molar-refractivity contribution in [2.24, 2.45) is 22.6 Å². The first kappa shape index (κ1) is 24.6. The van der Waals surface area contributed by atoms with Gasteiger partial charge in [0.1, 0.15) is 16.3 Å². The summed E-state index contributed by atoms with van der Waals surface area (Å²) in [5.41, 5.74) is 5.77. The van der Waals surface area contributed by atoms with E-state index in [9.17, 15) is 4.79 Å². The second-order valence-electron chi connectivity index (χ2n) is 9.73. The Kier molecular flexibility index (Phi) is 6.24. The lowest BCUT2D eigenvalue weighted by Gasteiger charge is -2.34. The van der Waals surface area contributed by atoms with E-state index in [0.717, 1.165) is 0 Å². The molecule has 2 aliphatic heterocycles. The monoisotopic (exact) mass is 515 g/mol. The number of ether oxygens (including phenoxy) is 2. The van der Waals surface area contributed by atoms with Gasteiger partial charge in [-0.2, -0.15) is 0 Å². The fourth-order valence-electron chi connectivity index (χ4n) is 4.77. The number of carbonyl (C=O) groups is 1. The fourth-order valence-corrected chi connectivity index (χ4v) is 6.27. The second-order valence-corrected chi connectivity index (χ2v) is 11.1. The van der Waals surface area contributed by atoms with Gasteiger partial charge in [-0.3, -0.25) is 9.79 Å². The average molecular weight is 516 g/mol. The van der Waals surface area contributed by atoms with Crippen LogP contribution in [-0.4, -0.2) is 64.6 Å². The van der Waals surface area contributed by atoms with Crippen LogP contribution in [0.15, 0.2) is 35.6 Å². The van der Waals surface area contributed by atoms with Gasteiger partial charge in [-0.15, -0.1) is 0 Å². The maximum atomic E-state index is 15.1. The van der Waals surface area contributed by atoms with Crippen LogP contribution in [0.3, 0.4) is 0 Å². The highest BCUT2D eigenvalue weighted by Gasteiger charge is 2.71. The Balaban J connectivity index is 1.39. The van der Waals surface area contributed by atoms with Crippen LogP contribution in [0.1, 0.15) is 30.2 Å². The van der Waals surface area contributed by atoms with Gasteiger partial charge >= 0.3 is 0 Å². The van der Waals surface area contributed by atoms with Crippen LogP contribution in [0.4, 0.5) is 8.78 Å². The molecule has 1 aromatic heterocycles. The number of nitrogens with two attached hydrogens (primary N) is 1. The molecule has 1 saturated carbocycles. The number of fused-ring (bicyclic) bond motifs is 1. The molecule has 3 heterocycles. The Morgan fingerprint density at radius 3 is 2.75 bits per heavy atom. The highest BCUT2D eigenvalue weighted by molar-refractivity contribution is 8.15. The quantitative estimate of drug-likeness (QED) is 0.604. The summed E-state index contributed by atoms with van der Waals surface area (Å²) in [6.07, 6.45) is 4.45. The van der Waals surface area contributed by atoms with Gasteiger partial charge < -0.3 is 20.1 Å². The van der Waals surface area contributed by atoms with Gasteiger partial charge in [0.25, 0.3) is 0 Å². The summed E-state index contributed by atoms with van der Waals surface area (Å²) in [6.45, 7) is 3.56. The molecule has 8 nitrogen and oxygen atoms in total. The number of nitrogens with zero attached hydrogens (tertiary/aromatic N) is 4. The largest absolute Gasteiger partial charge is 0.476 e. The molecule has 3 aliphatic rings. The standard InChI is InChI=1S/C25H27F2N5O3S/c1-24(20-8-25(20,22(33)32(2)3)36-23(28)31-24)16-6-14(4-5-17(16)26)7-18(27)19-9-30-21(10-29-19)35-13-15-11-34-12-15/h4-7,9-10,15,20H,8,11-13H2,1-3H3,(H2,28,31)/b18-7-/t20-,24+,25-/m0/s1. The number of aromatic nitrogens is 2. The van der Waals surface area contributed by atoms with E-state index in [1.54, 1.807) is 27.1 Å². The molecule has 0 bridgehead atoms. The predicted octanol–water partition coefficient (Wildman–Crippen LogP) is 3.23. The van der Waals surface area contributed by atoms with Crippen molar-refractivity contribution in [3.8, 4) is 5.88 Å². The van der Waals surface area contributed by atoms with Crippen molar-refractivity contribution in [1.29, 1.82) is 0 Å². The molecule has 190 valence electrons. The first-order valence-corrected chi connectivity index (χ1v) is 12.4. The van der Waals surface area contributed by atoms with Crippen LogP contribution in [0.25, 0.3) is 11.9 Å². The normalized spacial score (nSPS) is 27.5. The van der Waals surface area contributed by atoms with E-state index < -0.39 is 21.9 Å². The van der Waals surface area contributed by atoms with E-state index in [0.29, 0.717) is 43.6 Å². The van der Waals surface area contributed by atoms with E-state index in [1.165, 1.54) is 47.3 Å². The Labute approximate surface area is 212 Å². The molecule has 2 N–H and O–H groups in total. The third-order valence-electron chi connectivity index (χ3n) is 6.86. The van der Waals surface area contributed by atoms with Crippen LogP contribution in [0, 0.1) is 17.7 Å². The summed E-state index contributed by atoms with van der Waals surface area (Å²) in [4.78, 5) is 27.2. The molecule has 0 unspecified atom stereocenters. The number of benzene rings is 1. The molecular formula is C25H27F2N5O3S. The van der Waals surface area contributed by atoms with E-state index in [4.69, 9.17) is 15.2 Å². The lowest BCUT2D eigenvalue weighted by atomic mass is 9.84. The Morgan fingerprint density at radius 1 is 1.33 bits per heavy atom. The number of aliphatic imine (C=N–C) groups is 1. The van der Waals surface area contributed by atoms with Crippen molar-refractivity contribution in [3.05, 3.63) is 53.2 Å². The van der Waals surface area contributed by atoms with Gasteiger partial charge in [-0.1, -0.05) is 17.8 Å². The van der Waals surface area contributed by atoms with Gasteiger partial charge in [0.05, 0.1) is 37.8 Å². The Hall–Kier alpha value is -3.05. The summed E-state index contributed by atoms with van der Waals surface area (Å²) in [5.74, 6) is -0.787. The fraction of sp³-hybridized carbons (Fsp3) is 0.440. The molecule has 36 heavy (non-hydrogen) atoms. The van der Waals surface area contributed by atoms with Crippen molar-refractivity contribution in [2.45, 2.75) is 23.6 Å². The molecule has 5 rings (SSSR count). The minimum Gasteiger partial charge on any atom is -0.476 e. The zero-order valence-electron chi connectivity index (χ0n) is 20.2. The molecule has 0 radical (unpaired) electrons. The zero-order valence-corrected chi connectivity index (χ0v) is 21.0. The van der Waals surface area contributed by atoms with Crippen molar-refractivity contribution in [1.82, 2.24) is 14.9 Å². The van der Waals surface area contributed by atoms with Crippen LogP contribution in [-0.2, 0) is 15.1 Å². The number of thioether (sulfide) groups is 1. The summed E-state index contributed by atoms with van der Waals surface area (Å²) in [6, 6.07) is 4.30. The van der Waals surface area contributed by atoms with E-state index in [1.807, 2.05) is 0 Å². The van der Waals surface area contributed by atoms with Crippen molar-refractivity contribution in [3.63, 3.8) is 0 Å². The molecule has 1 aromatic carbocycles. The highest BCUT2D eigenvalue weighted by atomic mass is 32.2. The number of carbonyl (C=O) groups excluding carboxylic acids is 1. The van der Waals surface area contributed by atoms with Crippen molar-refractivity contribution in [2.75, 3.05) is 33.9 Å². The Morgan fingerprint density at radius 2 is 2.11 bits per heavy atom. The minimum atomic E-state index is -1.06. The number of amides is 1. The minimum absolute atomic E-state index is 0.0283. The molecule has 0 spiro atoms. The topological polar surface area (TPSA) is 103 Å². The maximum Gasteiger partial charge on any atom is 0.239 e. The van der Waals surface area contributed by atoms with Crippen LogP contribution >= 0.6 is 11.8 Å². The SMILES string of the molecule is CN(C)C(=O)[C@]12C[C@H]1[C@@](C)(c1cc(/C=C(\F)c3cnc(OCC4COC4)cn3)ccc1F)N=C(N)S2. The first-order valence-electron chi connectivity index (χ1n) is 11.6. The third kappa shape index (κ3) is 4.34.